The quantitative estimate of drug-likeness (QED) is 0.615. The maximum atomic E-state index is 11.9. The molecule has 2 fully saturated rings. The molecule has 1 aliphatic heterocycles. The Bertz CT molecular complexity index is 720. The number of rotatable bonds is 4. The van der Waals surface area contributed by atoms with E-state index in [1.54, 1.807) is 0 Å². The Balaban J connectivity index is 2.05. The van der Waals surface area contributed by atoms with Crippen LogP contribution in [-0.2, 0) is 4.79 Å². The number of carbonyl (C=O) groups excluding carboxylic acids is 1. The molecule has 0 radical (unpaired) electrons. The number of aromatic nitrogens is 1. The zero-order valence-corrected chi connectivity index (χ0v) is 13.7. The highest BCUT2D eigenvalue weighted by molar-refractivity contribution is 5.91. The van der Waals surface area contributed by atoms with Gasteiger partial charge in [0.25, 0.3) is 5.69 Å². The number of nitro groups is 1. The van der Waals surface area contributed by atoms with Crippen LogP contribution >= 0.6 is 0 Å². The van der Waals surface area contributed by atoms with E-state index >= 15 is 0 Å². The Kier molecular flexibility index (Phi) is 4.53. The lowest BCUT2D eigenvalue weighted by Gasteiger charge is -2.33. The third-order valence-electron chi connectivity index (χ3n) is 4.39. The highest BCUT2D eigenvalue weighted by atomic mass is 16.6. The summed E-state index contributed by atoms with van der Waals surface area (Å²) in [5.41, 5.74) is -0.188. The maximum Gasteiger partial charge on any atom is 0.407 e. The molecule has 1 saturated carbocycles. The Morgan fingerprint density at radius 2 is 2.16 bits per heavy atom. The van der Waals surface area contributed by atoms with Crippen molar-refractivity contribution >= 4 is 23.5 Å². The SMILES string of the molecule is CC(=O)N(c1ccc([N+](=O)[O-])c(C2CNCCN2C(=O)O)n1)C1CC1. The molecular formula is C15H19N5O5. The number of carboxylic acid groups (broad SMARTS) is 1. The highest BCUT2D eigenvalue weighted by Gasteiger charge is 2.37. The Labute approximate surface area is 143 Å². The van der Waals surface area contributed by atoms with Crippen molar-refractivity contribution in [1.82, 2.24) is 15.2 Å². The number of carbonyl (C=O) groups is 2. The van der Waals surface area contributed by atoms with Gasteiger partial charge in [0.1, 0.15) is 11.5 Å². The third kappa shape index (κ3) is 3.38. The van der Waals surface area contributed by atoms with Crippen LogP contribution in [0.1, 0.15) is 31.5 Å². The molecule has 134 valence electrons. The van der Waals surface area contributed by atoms with E-state index in [1.807, 2.05) is 0 Å². The van der Waals surface area contributed by atoms with Crippen LogP contribution in [0.25, 0.3) is 0 Å². The van der Waals surface area contributed by atoms with Gasteiger partial charge in [-0.1, -0.05) is 0 Å². The normalized spacial score (nSPS) is 20.2. The van der Waals surface area contributed by atoms with Crippen molar-refractivity contribution in [2.75, 3.05) is 24.5 Å². The van der Waals surface area contributed by atoms with E-state index in [-0.39, 0.29) is 36.4 Å². The molecule has 1 aliphatic carbocycles. The minimum atomic E-state index is -1.15. The number of pyridine rings is 1. The molecular weight excluding hydrogens is 330 g/mol. The summed E-state index contributed by atoms with van der Waals surface area (Å²) in [6, 6.07) is 2.02. The fourth-order valence-corrected chi connectivity index (χ4v) is 3.11. The molecule has 1 saturated heterocycles. The summed E-state index contributed by atoms with van der Waals surface area (Å²) >= 11 is 0. The molecule has 10 nitrogen and oxygen atoms in total. The number of piperazine rings is 1. The van der Waals surface area contributed by atoms with Crippen LogP contribution in [-0.4, -0.2) is 57.6 Å². The number of hydrogen-bond acceptors (Lipinski definition) is 6. The summed E-state index contributed by atoms with van der Waals surface area (Å²) in [6.45, 7) is 2.33. The Hall–Kier alpha value is -2.75. The van der Waals surface area contributed by atoms with Crippen LogP contribution in [0.3, 0.4) is 0 Å². The topological polar surface area (TPSA) is 129 Å². The minimum absolute atomic E-state index is 0.0550. The van der Waals surface area contributed by atoms with Crippen LogP contribution in [0, 0.1) is 10.1 Å². The molecule has 1 unspecified atom stereocenters. The van der Waals surface area contributed by atoms with Gasteiger partial charge in [-0.3, -0.25) is 24.7 Å². The maximum absolute atomic E-state index is 11.9. The first-order valence-corrected chi connectivity index (χ1v) is 8.05. The second kappa shape index (κ2) is 6.63. The van der Waals surface area contributed by atoms with E-state index in [0.29, 0.717) is 12.4 Å². The molecule has 3 rings (SSSR count). The number of nitrogens with one attached hydrogen (secondary N) is 1. The van der Waals surface area contributed by atoms with Gasteiger partial charge in [-0.2, -0.15) is 0 Å². The summed E-state index contributed by atoms with van der Waals surface area (Å²) in [6.07, 6.45) is 0.568. The van der Waals surface area contributed by atoms with E-state index in [1.165, 1.54) is 24.0 Å². The molecule has 0 spiro atoms. The van der Waals surface area contributed by atoms with Crippen LogP contribution in [0.4, 0.5) is 16.3 Å². The van der Waals surface area contributed by atoms with Crippen molar-refractivity contribution in [1.29, 1.82) is 0 Å². The van der Waals surface area contributed by atoms with E-state index in [2.05, 4.69) is 10.3 Å². The first kappa shape index (κ1) is 17.1. The zero-order valence-electron chi connectivity index (χ0n) is 13.7. The Morgan fingerprint density at radius 3 is 2.72 bits per heavy atom. The standard InChI is InChI=1S/C15H19N5O5/c1-9(21)19(10-2-3-10)13-5-4-11(20(24)25)14(17-13)12-8-16-6-7-18(12)15(22)23/h4-5,10,12,16H,2-3,6-8H2,1H3,(H,22,23). The molecule has 0 aromatic carbocycles. The number of hydrogen-bond donors (Lipinski definition) is 2. The van der Waals surface area contributed by atoms with Crippen LogP contribution in [0.15, 0.2) is 12.1 Å². The first-order chi connectivity index (χ1) is 11.9. The fourth-order valence-electron chi connectivity index (χ4n) is 3.11. The van der Waals surface area contributed by atoms with Crippen molar-refractivity contribution in [3.05, 3.63) is 27.9 Å². The van der Waals surface area contributed by atoms with Gasteiger partial charge in [0.15, 0.2) is 0 Å². The second-order valence-corrected chi connectivity index (χ2v) is 6.15. The van der Waals surface area contributed by atoms with Crippen LogP contribution < -0.4 is 10.2 Å². The van der Waals surface area contributed by atoms with Crippen molar-refractivity contribution in [2.45, 2.75) is 31.8 Å². The lowest BCUT2D eigenvalue weighted by molar-refractivity contribution is -0.386. The van der Waals surface area contributed by atoms with Crippen LogP contribution in [0.5, 0.6) is 0 Å². The Morgan fingerprint density at radius 1 is 1.44 bits per heavy atom. The van der Waals surface area contributed by atoms with Gasteiger partial charge in [-0.15, -0.1) is 0 Å². The monoisotopic (exact) mass is 349 g/mol. The second-order valence-electron chi connectivity index (χ2n) is 6.15. The molecule has 10 heteroatoms. The van der Waals surface area contributed by atoms with E-state index < -0.39 is 17.1 Å². The van der Waals surface area contributed by atoms with Crippen molar-refractivity contribution in [2.24, 2.45) is 0 Å². The predicted octanol–water partition coefficient (Wildman–Crippen LogP) is 1.13. The third-order valence-corrected chi connectivity index (χ3v) is 4.39. The molecule has 1 aromatic heterocycles. The van der Waals surface area contributed by atoms with Gasteiger partial charge < -0.3 is 10.4 Å². The van der Waals surface area contributed by atoms with Crippen molar-refractivity contribution in [3.8, 4) is 0 Å². The summed E-state index contributed by atoms with van der Waals surface area (Å²) in [4.78, 5) is 41.3. The summed E-state index contributed by atoms with van der Waals surface area (Å²) in [5.74, 6) is 0.137. The lowest BCUT2D eigenvalue weighted by Crippen LogP contribution is -2.48. The summed E-state index contributed by atoms with van der Waals surface area (Å²) in [7, 11) is 0. The number of amides is 2. The zero-order chi connectivity index (χ0) is 18.1. The largest absolute Gasteiger partial charge is 0.465 e. The summed E-state index contributed by atoms with van der Waals surface area (Å²) in [5, 5.41) is 23.8. The first-order valence-electron chi connectivity index (χ1n) is 8.05. The summed E-state index contributed by atoms with van der Waals surface area (Å²) < 4.78 is 0. The molecule has 0 bridgehead atoms. The average molecular weight is 349 g/mol. The van der Waals surface area contributed by atoms with Crippen molar-refractivity contribution < 1.29 is 19.6 Å². The molecule has 25 heavy (non-hydrogen) atoms. The van der Waals surface area contributed by atoms with E-state index in [9.17, 15) is 24.8 Å². The van der Waals surface area contributed by atoms with Gasteiger partial charge in [-0.05, 0) is 18.9 Å². The van der Waals surface area contributed by atoms with Crippen LogP contribution in [0.2, 0.25) is 0 Å². The van der Waals surface area contributed by atoms with E-state index in [0.717, 1.165) is 17.7 Å². The molecule has 2 heterocycles. The van der Waals surface area contributed by atoms with Crippen molar-refractivity contribution in [3.63, 3.8) is 0 Å². The smallest absolute Gasteiger partial charge is 0.407 e. The predicted molar refractivity (Wildman–Crippen MR) is 87.4 cm³/mol. The lowest BCUT2D eigenvalue weighted by atomic mass is 10.1. The van der Waals surface area contributed by atoms with Gasteiger partial charge in [0.2, 0.25) is 5.91 Å². The van der Waals surface area contributed by atoms with Gasteiger partial charge in [-0.25, -0.2) is 9.78 Å². The molecule has 2 aliphatic rings. The molecule has 2 N–H and O–H groups in total. The molecule has 1 atom stereocenters. The van der Waals surface area contributed by atoms with E-state index in [4.69, 9.17) is 0 Å². The van der Waals surface area contributed by atoms with Gasteiger partial charge >= 0.3 is 6.09 Å². The number of nitrogens with zero attached hydrogens (tertiary/aromatic N) is 4. The van der Waals surface area contributed by atoms with Gasteiger partial charge in [0, 0.05) is 38.7 Å². The average Bonchev–Trinajstić information content (AvgIpc) is 3.39. The minimum Gasteiger partial charge on any atom is -0.465 e. The van der Waals surface area contributed by atoms with Gasteiger partial charge in [0.05, 0.1) is 11.0 Å². The number of anilines is 1. The highest BCUT2D eigenvalue weighted by Crippen LogP contribution is 2.35. The molecule has 2 amide bonds. The molecule has 1 aromatic rings. The fraction of sp³-hybridized carbons (Fsp3) is 0.533.